The first kappa shape index (κ1) is 13.7. The lowest BCUT2D eigenvalue weighted by Crippen LogP contribution is -2.38. The van der Waals surface area contributed by atoms with Gasteiger partial charge in [0, 0.05) is 12.5 Å². The maximum Gasteiger partial charge on any atom is 0.176 e. The number of benzene rings is 2. The summed E-state index contributed by atoms with van der Waals surface area (Å²) >= 11 is 0. The first-order chi connectivity index (χ1) is 10.2. The topological polar surface area (TPSA) is 81.7 Å². The zero-order chi connectivity index (χ0) is 14.7. The molecule has 0 bridgehead atoms. The molecule has 1 aromatic heterocycles. The first-order valence-electron chi connectivity index (χ1n) is 6.91. The van der Waals surface area contributed by atoms with Gasteiger partial charge >= 0.3 is 0 Å². The molecule has 0 aliphatic rings. The van der Waals surface area contributed by atoms with Crippen molar-refractivity contribution in [3.05, 3.63) is 53.9 Å². The molecule has 0 spiro atoms. The maximum atomic E-state index is 5.66. The van der Waals surface area contributed by atoms with Crippen LogP contribution in [0, 0.1) is 0 Å². The van der Waals surface area contributed by atoms with Crippen LogP contribution in [0.1, 0.15) is 11.4 Å². The van der Waals surface area contributed by atoms with Crippen LogP contribution in [0.4, 0.5) is 0 Å². The summed E-state index contributed by atoms with van der Waals surface area (Å²) in [6.45, 7) is 0. The van der Waals surface area contributed by atoms with Gasteiger partial charge in [0.1, 0.15) is 0 Å². The number of nitrogens with one attached hydrogen (secondary N) is 1. The Morgan fingerprint density at radius 3 is 2.67 bits per heavy atom. The molecule has 0 fully saturated rings. The summed E-state index contributed by atoms with van der Waals surface area (Å²) in [5.74, 6) is 6.35. The van der Waals surface area contributed by atoms with Crippen molar-refractivity contribution in [3.63, 3.8) is 0 Å². The smallest absolute Gasteiger partial charge is 0.176 e. The van der Waals surface area contributed by atoms with Crippen LogP contribution >= 0.6 is 0 Å². The molecule has 108 valence electrons. The van der Waals surface area contributed by atoms with E-state index in [9.17, 15) is 0 Å². The molecule has 6 nitrogen and oxygen atoms in total. The summed E-state index contributed by atoms with van der Waals surface area (Å²) in [6.07, 6.45) is 1.47. The van der Waals surface area contributed by atoms with E-state index in [4.69, 9.17) is 5.84 Å². The number of rotatable bonds is 5. The zero-order valence-corrected chi connectivity index (χ0v) is 11.9. The molecule has 3 aromatic rings. The van der Waals surface area contributed by atoms with E-state index in [0.29, 0.717) is 12.2 Å². The molecule has 2 aromatic carbocycles. The quantitative estimate of drug-likeness (QED) is 0.538. The van der Waals surface area contributed by atoms with Gasteiger partial charge in [-0.1, -0.05) is 42.5 Å². The van der Waals surface area contributed by atoms with E-state index in [0.717, 1.165) is 6.42 Å². The summed E-state index contributed by atoms with van der Waals surface area (Å²) < 4.78 is 0. The van der Waals surface area contributed by atoms with Crippen molar-refractivity contribution in [2.45, 2.75) is 18.9 Å². The van der Waals surface area contributed by atoms with Gasteiger partial charge in [-0.2, -0.15) is 4.80 Å². The van der Waals surface area contributed by atoms with Crippen molar-refractivity contribution in [2.24, 2.45) is 12.9 Å². The van der Waals surface area contributed by atoms with Crippen LogP contribution in [0.25, 0.3) is 10.8 Å². The highest BCUT2D eigenvalue weighted by Crippen LogP contribution is 2.17. The number of nitrogens with zero attached hydrogens (tertiary/aromatic N) is 4. The van der Waals surface area contributed by atoms with Crippen LogP contribution in [0.2, 0.25) is 0 Å². The van der Waals surface area contributed by atoms with Crippen LogP contribution < -0.4 is 11.3 Å². The Hall–Kier alpha value is -2.31. The molecule has 0 radical (unpaired) electrons. The monoisotopic (exact) mass is 282 g/mol. The predicted molar refractivity (Wildman–Crippen MR) is 81.3 cm³/mol. The molecular formula is C15H18N6. The maximum absolute atomic E-state index is 5.66. The van der Waals surface area contributed by atoms with Crippen LogP contribution in [0.3, 0.4) is 0 Å². The summed E-state index contributed by atoms with van der Waals surface area (Å²) in [5.41, 5.74) is 4.08. The van der Waals surface area contributed by atoms with Crippen LogP contribution in [-0.2, 0) is 19.9 Å². The Balaban J connectivity index is 1.75. The lowest BCUT2D eigenvalue weighted by atomic mass is 10.0. The molecule has 21 heavy (non-hydrogen) atoms. The normalized spacial score (nSPS) is 12.7. The summed E-state index contributed by atoms with van der Waals surface area (Å²) in [6, 6.07) is 14.9. The van der Waals surface area contributed by atoms with Gasteiger partial charge in [0.05, 0.1) is 7.05 Å². The van der Waals surface area contributed by atoms with Gasteiger partial charge in [-0.15, -0.1) is 10.2 Å². The van der Waals surface area contributed by atoms with E-state index in [1.165, 1.54) is 21.1 Å². The average Bonchev–Trinajstić information content (AvgIpc) is 2.91. The van der Waals surface area contributed by atoms with E-state index in [2.05, 4.69) is 51.2 Å². The number of aryl methyl sites for hydroxylation is 1. The first-order valence-corrected chi connectivity index (χ1v) is 6.91. The molecule has 0 saturated heterocycles. The fourth-order valence-corrected chi connectivity index (χ4v) is 2.47. The van der Waals surface area contributed by atoms with Crippen molar-refractivity contribution in [1.82, 2.24) is 25.6 Å². The number of tetrazole rings is 1. The predicted octanol–water partition coefficient (Wildman–Crippen LogP) is 0.980. The molecule has 0 amide bonds. The molecule has 3 N–H and O–H groups in total. The van der Waals surface area contributed by atoms with E-state index in [1.807, 2.05) is 12.1 Å². The highest BCUT2D eigenvalue weighted by Gasteiger charge is 2.12. The SMILES string of the molecule is Cn1nnc(CC(Cc2ccc3ccccc3c2)NN)n1. The highest BCUT2D eigenvalue weighted by molar-refractivity contribution is 5.82. The molecule has 0 saturated carbocycles. The fraction of sp³-hybridized carbons (Fsp3) is 0.267. The largest absolute Gasteiger partial charge is 0.271 e. The Morgan fingerprint density at radius 2 is 1.95 bits per heavy atom. The van der Waals surface area contributed by atoms with Gasteiger partial charge in [0.2, 0.25) is 0 Å². The average molecular weight is 282 g/mol. The highest BCUT2D eigenvalue weighted by atomic mass is 15.6. The molecule has 1 heterocycles. The lowest BCUT2D eigenvalue weighted by molar-refractivity contribution is 0.510. The lowest BCUT2D eigenvalue weighted by Gasteiger charge is -2.14. The van der Waals surface area contributed by atoms with Crippen molar-refractivity contribution in [3.8, 4) is 0 Å². The Labute approximate surface area is 122 Å². The Kier molecular flexibility index (Phi) is 3.89. The molecule has 1 unspecified atom stereocenters. The number of hydrazine groups is 1. The van der Waals surface area contributed by atoms with Crippen molar-refractivity contribution < 1.29 is 0 Å². The zero-order valence-electron chi connectivity index (χ0n) is 11.9. The Bertz CT molecular complexity index is 736. The molecule has 0 aliphatic heterocycles. The third kappa shape index (κ3) is 3.24. The fourth-order valence-electron chi connectivity index (χ4n) is 2.47. The minimum absolute atomic E-state index is 0.0790. The summed E-state index contributed by atoms with van der Waals surface area (Å²) in [4.78, 5) is 1.46. The summed E-state index contributed by atoms with van der Waals surface area (Å²) in [5, 5.41) is 14.5. The minimum atomic E-state index is 0.0790. The van der Waals surface area contributed by atoms with Gasteiger partial charge in [-0.05, 0) is 28.0 Å². The van der Waals surface area contributed by atoms with Gasteiger partial charge in [-0.25, -0.2) is 0 Å². The second-order valence-electron chi connectivity index (χ2n) is 5.15. The van der Waals surface area contributed by atoms with Gasteiger partial charge in [-0.3, -0.25) is 11.3 Å². The molecule has 6 heteroatoms. The number of fused-ring (bicyclic) bond motifs is 1. The second-order valence-corrected chi connectivity index (χ2v) is 5.15. The van der Waals surface area contributed by atoms with Crippen molar-refractivity contribution >= 4 is 10.8 Å². The van der Waals surface area contributed by atoms with Gasteiger partial charge < -0.3 is 0 Å². The van der Waals surface area contributed by atoms with Gasteiger partial charge in [0.25, 0.3) is 0 Å². The third-order valence-corrected chi connectivity index (χ3v) is 3.51. The van der Waals surface area contributed by atoms with Crippen LogP contribution in [-0.4, -0.2) is 26.2 Å². The molecule has 0 aliphatic carbocycles. The second kappa shape index (κ2) is 5.99. The third-order valence-electron chi connectivity index (χ3n) is 3.51. The number of nitrogens with two attached hydrogens (primary N) is 1. The van der Waals surface area contributed by atoms with Gasteiger partial charge in [0.15, 0.2) is 5.82 Å². The number of aromatic nitrogens is 4. The van der Waals surface area contributed by atoms with E-state index in [1.54, 1.807) is 7.05 Å². The van der Waals surface area contributed by atoms with E-state index in [-0.39, 0.29) is 6.04 Å². The van der Waals surface area contributed by atoms with E-state index < -0.39 is 0 Å². The van der Waals surface area contributed by atoms with Crippen molar-refractivity contribution in [1.29, 1.82) is 0 Å². The van der Waals surface area contributed by atoms with Crippen LogP contribution in [0.5, 0.6) is 0 Å². The Morgan fingerprint density at radius 1 is 1.14 bits per heavy atom. The number of hydrogen-bond acceptors (Lipinski definition) is 5. The standard InChI is InChI=1S/C15H18N6/c1-21-19-15(18-20-21)10-14(17-16)9-11-6-7-12-4-2-3-5-13(12)8-11/h2-8,14,17H,9-10,16H2,1H3. The van der Waals surface area contributed by atoms with Crippen molar-refractivity contribution in [2.75, 3.05) is 0 Å². The number of hydrogen-bond donors (Lipinski definition) is 2. The molecular weight excluding hydrogens is 264 g/mol. The minimum Gasteiger partial charge on any atom is -0.271 e. The molecule has 3 rings (SSSR count). The summed E-state index contributed by atoms with van der Waals surface area (Å²) in [7, 11) is 1.75. The van der Waals surface area contributed by atoms with Crippen LogP contribution in [0.15, 0.2) is 42.5 Å². The molecule has 1 atom stereocenters. The van der Waals surface area contributed by atoms with E-state index >= 15 is 0 Å².